The molecule has 17 heavy (non-hydrogen) atoms. The first-order valence-corrected chi connectivity index (χ1v) is 7.36. The minimum atomic E-state index is -0.528. The first-order chi connectivity index (χ1) is 8.06. The maximum atomic E-state index is 10.1. The van der Waals surface area contributed by atoms with Gasteiger partial charge in [-0.3, -0.25) is 4.68 Å². The molecule has 1 aromatic heterocycles. The molecule has 0 spiro atoms. The second-order valence-electron chi connectivity index (χ2n) is 4.20. The number of rotatable bonds is 7. The van der Waals surface area contributed by atoms with Gasteiger partial charge in [0.1, 0.15) is 0 Å². The monoisotopic (exact) mass is 277 g/mol. The highest BCUT2D eigenvalue weighted by Crippen LogP contribution is 2.25. The summed E-state index contributed by atoms with van der Waals surface area (Å²) < 4.78 is 1.80. The summed E-state index contributed by atoms with van der Waals surface area (Å²) in [6.45, 7) is 1.62. The zero-order chi connectivity index (χ0) is 12.8. The SMILES string of the molecule is CSCCC(O)c1c(Cl)cnn1CCN(C)C. The van der Waals surface area contributed by atoms with E-state index in [1.54, 1.807) is 22.6 Å². The van der Waals surface area contributed by atoms with Crippen molar-refractivity contribution in [3.63, 3.8) is 0 Å². The van der Waals surface area contributed by atoms with Gasteiger partial charge in [0.15, 0.2) is 0 Å². The van der Waals surface area contributed by atoms with Crippen molar-refractivity contribution in [2.24, 2.45) is 0 Å². The van der Waals surface area contributed by atoms with Crippen LogP contribution in [0.2, 0.25) is 5.02 Å². The average molecular weight is 278 g/mol. The summed E-state index contributed by atoms with van der Waals surface area (Å²) in [5, 5.41) is 14.9. The zero-order valence-corrected chi connectivity index (χ0v) is 12.1. The second kappa shape index (κ2) is 7.26. The number of likely N-dealkylation sites (N-methyl/N-ethyl adjacent to an activating group) is 1. The maximum absolute atomic E-state index is 10.1. The van der Waals surface area contributed by atoms with Crippen molar-refractivity contribution in [2.75, 3.05) is 32.6 Å². The van der Waals surface area contributed by atoms with Gasteiger partial charge in [0.25, 0.3) is 0 Å². The summed E-state index contributed by atoms with van der Waals surface area (Å²) in [6.07, 6.45) is 3.81. The lowest BCUT2D eigenvalue weighted by Gasteiger charge is -2.15. The van der Waals surface area contributed by atoms with Crippen LogP contribution in [0.5, 0.6) is 0 Å². The Morgan fingerprint density at radius 3 is 2.88 bits per heavy atom. The van der Waals surface area contributed by atoms with E-state index in [4.69, 9.17) is 11.6 Å². The number of aliphatic hydroxyl groups excluding tert-OH is 1. The quantitative estimate of drug-likeness (QED) is 0.826. The molecule has 6 heteroatoms. The molecule has 0 aliphatic carbocycles. The lowest BCUT2D eigenvalue weighted by atomic mass is 10.2. The Hall–Kier alpha value is -0.230. The predicted octanol–water partition coefficient (Wildman–Crippen LogP) is 1.88. The van der Waals surface area contributed by atoms with Gasteiger partial charge in [-0.1, -0.05) is 11.6 Å². The minimum absolute atomic E-state index is 0.528. The van der Waals surface area contributed by atoms with Crippen LogP contribution in [-0.2, 0) is 6.54 Å². The fourth-order valence-corrected chi connectivity index (χ4v) is 2.27. The van der Waals surface area contributed by atoms with Gasteiger partial charge in [-0.05, 0) is 32.5 Å². The molecule has 4 nitrogen and oxygen atoms in total. The molecule has 0 bridgehead atoms. The summed E-state index contributed by atoms with van der Waals surface area (Å²) >= 11 is 7.79. The van der Waals surface area contributed by atoms with Gasteiger partial charge in [-0.15, -0.1) is 0 Å². The highest BCUT2D eigenvalue weighted by Gasteiger charge is 2.17. The summed E-state index contributed by atoms with van der Waals surface area (Å²) in [4.78, 5) is 2.08. The number of halogens is 1. The highest BCUT2D eigenvalue weighted by molar-refractivity contribution is 7.98. The molecule has 0 saturated carbocycles. The highest BCUT2D eigenvalue weighted by atomic mass is 35.5. The number of aromatic nitrogens is 2. The number of hydrogen-bond donors (Lipinski definition) is 1. The first-order valence-electron chi connectivity index (χ1n) is 5.59. The van der Waals surface area contributed by atoms with E-state index in [-0.39, 0.29) is 0 Å². The molecule has 0 aromatic carbocycles. The molecule has 0 radical (unpaired) electrons. The lowest BCUT2D eigenvalue weighted by molar-refractivity contribution is 0.162. The van der Waals surface area contributed by atoms with Crippen LogP contribution in [0.3, 0.4) is 0 Å². The molecule has 0 aliphatic rings. The van der Waals surface area contributed by atoms with Gasteiger partial charge in [-0.2, -0.15) is 16.9 Å². The number of aliphatic hydroxyl groups is 1. The topological polar surface area (TPSA) is 41.3 Å². The molecule has 0 aliphatic heterocycles. The van der Waals surface area contributed by atoms with Gasteiger partial charge in [-0.25, -0.2) is 0 Å². The van der Waals surface area contributed by atoms with Crippen molar-refractivity contribution in [1.82, 2.24) is 14.7 Å². The van der Waals surface area contributed by atoms with E-state index in [9.17, 15) is 5.11 Å². The zero-order valence-electron chi connectivity index (χ0n) is 10.6. The van der Waals surface area contributed by atoms with Gasteiger partial charge in [0.2, 0.25) is 0 Å². The van der Waals surface area contributed by atoms with Crippen molar-refractivity contribution >= 4 is 23.4 Å². The fourth-order valence-electron chi connectivity index (χ4n) is 1.54. The van der Waals surface area contributed by atoms with Crippen LogP contribution < -0.4 is 0 Å². The van der Waals surface area contributed by atoms with Crippen LogP contribution >= 0.6 is 23.4 Å². The largest absolute Gasteiger partial charge is 0.387 e. The van der Waals surface area contributed by atoms with Gasteiger partial charge in [0.05, 0.1) is 29.6 Å². The molecular formula is C11H20ClN3OS. The van der Waals surface area contributed by atoms with E-state index < -0.39 is 6.10 Å². The van der Waals surface area contributed by atoms with E-state index in [0.717, 1.165) is 24.5 Å². The van der Waals surface area contributed by atoms with Gasteiger partial charge < -0.3 is 10.0 Å². The summed E-state index contributed by atoms with van der Waals surface area (Å²) in [6, 6.07) is 0. The van der Waals surface area contributed by atoms with Crippen LogP contribution in [0.1, 0.15) is 18.2 Å². The maximum Gasteiger partial charge on any atom is 0.0979 e. The minimum Gasteiger partial charge on any atom is -0.387 e. The Kier molecular flexibility index (Phi) is 6.33. The van der Waals surface area contributed by atoms with Crippen LogP contribution in [0.25, 0.3) is 0 Å². The van der Waals surface area contributed by atoms with E-state index >= 15 is 0 Å². The Bertz CT molecular complexity index is 343. The van der Waals surface area contributed by atoms with Crippen molar-refractivity contribution in [3.05, 3.63) is 16.9 Å². The molecule has 0 amide bonds. The first kappa shape index (κ1) is 14.8. The van der Waals surface area contributed by atoms with Crippen molar-refractivity contribution < 1.29 is 5.11 Å². The molecule has 0 fully saturated rings. The van der Waals surface area contributed by atoms with Gasteiger partial charge in [0, 0.05) is 6.54 Å². The van der Waals surface area contributed by atoms with Crippen LogP contribution in [0.4, 0.5) is 0 Å². The summed E-state index contributed by atoms with van der Waals surface area (Å²) in [7, 11) is 4.02. The Morgan fingerprint density at radius 2 is 2.29 bits per heavy atom. The normalized spacial score (nSPS) is 13.3. The standard InChI is InChI=1S/C11H20ClN3OS/c1-14(2)5-6-15-11(9(12)8-13-15)10(16)4-7-17-3/h8,10,16H,4-7H2,1-3H3. The van der Waals surface area contributed by atoms with E-state index in [2.05, 4.69) is 10.00 Å². The molecule has 98 valence electrons. The molecule has 1 heterocycles. The lowest BCUT2D eigenvalue weighted by Crippen LogP contribution is -2.21. The van der Waals surface area contributed by atoms with E-state index in [1.165, 1.54) is 0 Å². The van der Waals surface area contributed by atoms with Crippen molar-refractivity contribution in [3.8, 4) is 0 Å². The van der Waals surface area contributed by atoms with E-state index in [0.29, 0.717) is 11.4 Å². The van der Waals surface area contributed by atoms with Crippen LogP contribution in [0, 0.1) is 0 Å². The number of thioether (sulfide) groups is 1. The smallest absolute Gasteiger partial charge is 0.0979 e. The van der Waals surface area contributed by atoms with Crippen LogP contribution in [0.15, 0.2) is 6.20 Å². The molecule has 1 N–H and O–H groups in total. The summed E-state index contributed by atoms with van der Waals surface area (Å²) in [5.74, 6) is 0.913. The third-order valence-corrected chi connectivity index (χ3v) is 3.44. The molecule has 1 aromatic rings. The number of nitrogens with zero attached hydrogens (tertiary/aromatic N) is 3. The summed E-state index contributed by atoms with van der Waals surface area (Å²) in [5.41, 5.74) is 0.738. The van der Waals surface area contributed by atoms with E-state index in [1.807, 2.05) is 20.4 Å². The van der Waals surface area contributed by atoms with Crippen molar-refractivity contribution in [1.29, 1.82) is 0 Å². The molecule has 1 rings (SSSR count). The Labute approximate surface area is 112 Å². The number of hydrogen-bond acceptors (Lipinski definition) is 4. The van der Waals surface area contributed by atoms with Gasteiger partial charge >= 0.3 is 0 Å². The molecular weight excluding hydrogens is 258 g/mol. The fraction of sp³-hybridized carbons (Fsp3) is 0.727. The molecule has 1 atom stereocenters. The Morgan fingerprint density at radius 1 is 1.59 bits per heavy atom. The predicted molar refractivity (Wildman–Crippen MR) is 73.7 cm³/mol. The third kappa shape index (κ3) is 4.50. The Balaban J connectivity index is 2.71. The van der Waals surface area contributed by atoms with Crippen LogP contribution in [-0.4, -0.2) is 52.4 Å². The molecule has 1 unspecified atom stereocenters. The second-order valence-corrected chi connectivity index (χ2v) is 5.59. The molecule has 0 saturated heterocycles. The average Bonchev–Trinajstić information content (AvgIpc) is 2.64. The third-order valence-electron chi connectivity index (χ3n) is 2.50. The van der Waals surface area contributed by atoms with Crippen molar-refractivity contribution in [2.45, 2.75) is 19.1 Å².